The summed E-state index contributed by atoms with van der Waals surface area (Å²) in [5, 5.41) is 9.57. The number of benzene rings is 1. The highest BCUT2D eigenvalue weighted by Gasteiger charge is 2.25. The second kappa shape index (κ2) is 12.3. The summed E-state index contributed by atoms with van der Waals surface area (Å²) in [4.78, 5) is 26.4. The molecular formula is C23H35NO5Si. The quantitative estimate of drug-likeness (QED) is 0.0927. The lowest BCUT2D eigenvalue weighted by atomic mass is 10.0. The number of ether oxygens (including phenoxy) is 2. The molecule has 0 unspecified atom stereocenters. The number of Topliss-reactive ketones (excluding diaryl/α,β-unsaturated/α-hetero) is 1. The number of aliphatic carboxylic acids is 1. The fourth-order valence-electron chi connectivity index (χ4n) is 2.49. The molecule has 0 spiro atoms. The van der Waals surface area contributed by atoms with Crippen molar-refractivity contribution in [1.29, 1.82) is 0 Å². The molecule has 6 nitrogen and oxygen atoms in total. The summed E-state index contributed by atoms with van der Waals surface area (Å²) in [5.74, 6) is -1.89. The number of hydrogen-bond donors (Lipinski definition) is 1. The Morgan fingerprint density at radius 1 is 1.17 bits per heavy atom. The minimum Gasteiger partial charge on any atom is -0.483 e. The van der Waals surface area contributed by atoms with Crippen LogP contribution in [-0.2, 0) is 25.7 Å². The highest BCUT2D eigenvalue weighted by molar-refractivity contribution is 6.76. The summed E-state index contributed by atoms with van der Waals surface area (Å²) in [6.07, 6.45) is 1.99. The Labute approximate surface area is 181 Å². The molecule has 0 amide bonds. The minimum atomic E-state index is -1.25. The second-order valence-corrected chi connectivity index (χ2v) is 14.1. The van der Waals surface area contributed by atoms with Crippen LogP contribution in [0, 0.1) is 0 Å². The topological polar surface area (TPSA) is 76.1 Å². The lowest BCUT2D eigenvalue weighted by Gasteiger charge is -2.20. The molecule has 0 heterocycles. The molecule has 0 aliphatic rings. The molecule has 0 radical (unpaired) electrons. The van der Waals surface area contributed by atoms with E-state index in [0.29, 0.717) is 18.6 Å². The van der Waals surface area contributed by atoms with E-state index < -0.39 is 19.8 Å². The van der Waals surface area contributed by atoms with Crippen LogP contribution in [0.25, 0.3) is 0 Å². The van der Waals surface area contributed by atoms with Gasteiger partial charge in [-0.1, -0.05) is 62.5 Å². The molecule has 1 aromatic rings. The lowest BCUT2D eigenvalue weighted by Crippen LogP contribution is -2.25. The van der Waals surface area contributed by atoms with E-state index in [1.807, 2.05) is 37.3 Å². The molecule has 0 aromatic heterocycles. The maximum atomic E-state index is 13.0. The fraction of sp³-hybridized carbons (Fsp3) is 0.478. The van der Waals surface area contributed by atoms with Crippen LogP contribution >= 0.6 is 0 Å². The van der Waals surface area contributed by atoms with Crippen molar-refractivity contribution in [1.82, 2.24) is 4.90 Å². The van der Waals surface area contributed by atoms with Gasteiger partial charge in [0.2, 0.25) is 5.78 Å². The van der Waals surface area contributed by atoms with Gasteiger partial charge < -0.3 is 19.5 Å². The lowest BCUT2D eigenvalue weighted by molar-refractivity contribution is -0.134. The Morgan fingerprint density at radius 2 is 1.80 bits per heavy atom. The number of carbonyl (C=O) groups is 2. The van der Waals surface area contributed by atoms with Gasteiger partial charge in [0.05, 0.1) is 0 Å². The number of carbonyl (C=O) groups excluding carboxylic acids is 1. The van der Waals surface area contributed by atoms with Crippen molar-refractivity contribution in [2.45, 2.75) is 52.6 Å². The summed E-state index contributed by atoms with van der Waals surface area (Å²) >= 11 is 0. The summed E-state index contributed by atoms with van der Waals surface area (Å²) < 4.78 is 11.5. The van der Waals surface area contributed by atoms with Crippen LogP contribution in [0.2, 0.25) is 25.7 Å². The zero-order valence-corrected chi connectivity index (χ0v) is 20.0. The van der Waals surface area contributed by atoms with Crippen LogP contribution in [0.5, 0.6) is 0 Å². The SMILES string of the molecule is CC/C(C)=C(\C(=O)O)C(=O)/C(=C\N(C)COCC[Si](C)(C)C)OCc1ccccc1. The first-order chi connectivity index (χ1) is 14.0. The van der Waals surface area contributed by atoms with Gasteiger partial charge in [-0.15, -0.1) is 0 Å². The average Bonchev–Trinajstić information content (AvgIpc) is 2.68. The van der Waals surface area contributed by atoms with E-state index in [1.165, 1.54) is 6.20 Å². The van der Waals surface area contributed by atoms with Gasteiger partial charge in [-0.25, -0.2) is 4.79 Å². The summed E-state index contributed by atoms with van der Waals surface area (Å²) in [5.41, 5.74) is 1.15. The monoisotopic (exact) mass is 433 g/mol. The Balaban J connectivity index is 2.99. The van der Waals surface area contributed by atoms with Crippen molar-refractivity contribution < 1.29 is 24.2 Å². The number of carboxylic acids is 1. The fourth-order valence-corrected chi connectivity index (χ4v) is 3.25. The number of carboxylic acid groups (broad SMARTS) is 1. The van der Waals surface area contributed by atoms with Crippen molar-refractivity contribution in [2.75, 3.05) is 20.4 Å². The number of nitrogens with zero attached hydrogens (tertiary/aromatic N) is 1. The minimum absolute atomic E-state index is 0.0136. The zero-order chi connectivity index (χ0) is 22.7. The molecule has 1 rings (SSSR count). The van der Waals surface area contributed by atoms with Crippen LogP contribution in [0.1, 0.15) is 25.8 Å². The molecule has 166 valence electrons. The first-order valence-corrected chi connectivity index (χ1v) is 13.9. The van der Waals surface area contributed by atoms with Gasteiger partial charge in [0.25, 0.3) is 0 Å². The Bertz CT molecular complexity index is 766. The van der Waals surface area contributed by atoms with Crippen LogP contribution in [-0.4, -0.2) is 50.2 Å². The highest BCUT2D eigenvalue weighted by atomic mass is 28.3. The zero-order valence-electron chi connectivity index (χ0n) is 19.0. The van der Waals surface area contributed by atoms with Gasteiger partial charge in [-0.2, -0.15) is 0 Å². The van der Waals surface area contributed by atoms with Crippen molar-refractivity contribution >= 4 is 19.8 Å². The molecular weight excluding hydrogens is 398 g/mol. The molecule has 0 aliphatic heterocycles. The van der Waals surface area contributed by atoms with E-state index in [4.69, 9.17) is 9.47 Å². The number of rotatable bonds is 13. The Hall–Kier alpha value is -2.38. The van der Waals surface area contributed by atoms with Gasteiger partial charge in [-0.3, -0.25) is 4.79 Å². The van der Waals surface area contributed by atoms with E-state index in [1.54, 1.807) is 18.9 Å². The smallest absolute Gasteiger partial charge is 0.339 e. The van der Waals surface area contributed by atoms with E-state index in [-0.39, 0.29) is 24.7 Å². The van der Waals surface area contributed by atoms with Gasteiger partial charge in [0.15, 0.2) is 5.76 Å². The van der Waals surface area contributed by atoms with E-state index in [0.717, 1.165) is 11.6 Å². The standard InChI is InChI=1S/C23H35NO5Si/c1-7-18(2)21(23(26)27)22(25)20(29-16-19-11-9-8-10-12-19)15-24(3)17-28-13-14-30(4,5)6/h8-12,15H,7,13-14,16-17H2,1-6H3,(H,26,27)/b20-15+,21-18-. The van der Waals surface area contributed by atoms with Gasteiger partial charge in [-0.05, 0) is 25.0 Å². The van der Waals surface area contributed by atoms with E-state index >= 15 is 0 Å². The Kier molecular flexibility index (Phi) is 10.6. The van der Waals surface area contributed by atoms with Crippen LogP contribution in [0.3, 0.4) is 0 Å². The van der Waals surface area contributed by atoms with Gasteiger partial charge in [0.1, 0.15) is 18.9 Å². The first-order valence-electron chi connectivity index (χ1n) is 10.2. The molecule has 0 bridgehead atoms. The number of hydrogen-bond acceptors (Lipinski definition) is 5. The maximum absolute atomic E-state index is 13.0. The van der Waals surface area contributed by atoms with Gasteiger partial charge in [0, 0.05) is 27.9 Å². The maximum Gasteiger partial charge on any atom is 0.339 e. The van der Waals surface area contributed by atoms with Crippen molar-refractivity contribution in [3.05, 3.63) is 59.0 Å². The number of allylic oxidation sites excluding steroid dienone is 2. The van der Waals surface area contributed by atoms with E-state index in [2.05, 4.69) is 19.6 Å². The normalized spacial score (nSPS) is 12.9. The summed E-state index contributed by atoms with van der Waals surface area (Å²) in [7, 11) is 0.586. The third-order valence-electron chi connectivity index (χ3n) is 4.49. The Morgan fingerprint density at radius 3 is 2.33 bits per heavy atom. The molecule has 0 saturated carbocycles. The number of ketones is 1. The first kappa shape index (κ1) is 25.7. The molecule has 7 heteroatoms. The average molecular weight is 434 g/mol. The molecule has 0 atom stereocenters. The van der Waals surface area contributed by atoms with Crippen molar-refractivity contribution in [3.8, 4) is 0 Å². The summed E-state index contributed by atoms with van der Waals surface area (Å²) in [6, 6.07) is 10.5. The molecule has 1 N–H and O–H groups in total. The molecule has 30 heavy (non-hydrogen) atoms. The third-order valence-corrected chi connectivity index (χ3v) is 6.19. The van der Waals surface area contributed by atoms with Crippen LogP contribution in [0.15, 0.2) is 53.4 Å². The van der Waals surface area contributed by atoms with Crippen molar-refractivity contribution in [2.24, 2.45) is 0 Å². The van der Waals surface area contributed by atoms with E-state index in [9.17, 15) is 14.7 Å². The van der Waals surface area contributed by atoms with Gasteiger partial charge >= 0.3 is 5.97 Å². The third kappa shape index (κ3) is 9.41. The highest BCUT2D eigenvalue weighted by Crippen LogP contribution is 2.17. The van der Waals surface area contributed by atoms with Crippen LogP contribution < -0.4 is 0 Å². The molecule has 0 fully saturated rings. The van der Waals surface area contributed by atoms with Crippen molar-refractivity contribution in [3.63, 3.8) is 0 Å². The predicted octanol–water partition coefficient (Wildman–Crippen LogP) is 4.67. The molecule has 1 aromatic carbocycles. The molecule has 0 aliphatic carbocycles. The summed E-state index contributed by atoms with van der Waals surface area (Å²) in [6.45, 7) is 11.4. The molecule has 0 saturated heterocycles. The largest absolute Gasteiger partial charge is 0.483 e. The second-order valence-electron chi connectivity index (χ2n) is 8.52. The predicted molar refractivity (Wildman–Crippen MR) is 122 cm³/mol. The van der Waals surface area contributed by atoms with Crippen LogP contribution in [0.4, 0.5) is 0 Å².